The van der Waals surface area contributed by atoms with Crippen molar-refractivity contribution in [1.82, 2.24) is 15.0 Å². The molecule has 1 aromatic heterocycles. The Balaban J connectivity index is 3.04. The third kappa shape index (κ3) is 1.37. The lowest BCUT2D eigenvalue weighted by Crippen LogP contribution is -2.09. The summed E-state index contributed by atoms with van der Waals surface area (Å²) in [4.78, 5) is 11.5. The second-order valence-electron chi connectivity index (χ2n) is 3.17. The average molecular weight is 167 g/mol. The van der Waals surface area contributed by atoms with Crippen molar-refractivity contribution in [2.45, 2.75) is 20.8 Å². The first-order valence-corrected chi connectivity index (χ1v) is 3.94. The molecule has 1 heterocycles. The van der Waals surface area contributed by atoms with Gasteiger partial charge in [0.05, 0.1) is 5.69 Å². The number of hydrogen-bond acceptors (Lipinski definition) is 3. The maximum atomic E-state index is 11.5. The molecule has 0 radical (unpaired) electrons. The predicted octanol–water partition coefficient (Wildman–Crippen LogP) is 0.962. The molecule has 0 saturated carbocycles. The molecule has 0 bridgehead atoms. The first-order valence-electron chi connectivity index (χ1n) is 3.94. The summed E-state index contributed by atoms with van der Waals surface area (Å²) in [5.41, 5.74) is 1.32. The van der Waals surface area contributed by atoms with Gasteiger partial charge in [-0.25, -0.2) is 0 Å². The van der Waals surface area contributed by atoms with E-state index in [9.17, 15) is 4.79 Å². The molecule has 0 aliphatic carbocycles. The molecule has 0 unspecified atom stereocenters. The Labute approximate surface area is 71.6 Å². The van der Waals surface area contributed by atoms with Crippen LogP contribution in [0.1, 0.15) is 30.0 Å². The molecule has 4 nitrogen and oxygen atoms in total. The van der Waals surface area contributed by atoms with Crippen LogP contribution >= 0.6 is 0 Å². The van der Waals surface area contributed by atoms with E-state index < -0.39 is 0 Å². The van der Waals surface area contributed by atoms with Crippen molar-refractivity contribution < 1.29 is 4.79 Å². The van der Waals surface area contributed by atoms with Crippen LogP contribution in [0.2, 0.25) is 0 Å². The van der Waals surface area contributed by atoms with Crippen LogP contribution in [0, 0.1) is 12.8 Å². The van der Waals surface area contributed by atoms with Crippen LogP contribution in [-0.4, -0.2) is 20.8 Å². The molecule has 0 atom stereocenters. The second kappa shape index (κ2) is 3.05. The monoisotopic (exact) mass is 167 g/mol. The van der Waals surface area contributed by atoms with Gasteiger partial charge in [-0.15, -0.1) is 5.10 Å². The summed E-state index contributed by atoms with van der Waals surface area (Å²) in [6.07, 6.45) is 0. The van der Waals surface area contributed by atoms with Crippen molar-refractivity contribution in [3.8, 4) is 0 Å². The standard InChI is InChI=1S/C8H13N3O/c1-5(2)8(12)7-6(3)11(4)10-9-7/h5H,1-4H3. The Morgan fingerprint density at radius 2 is 2.08 bits per heavy atom. The van der Waals surface area contributed by atoms with Gasteiger partial charge in [0, 0.05) is 13.0 Å². The van der Waals surface area contributed by atoms with E-state index in [0.29, 0.717) is 5.69 Å². The lowest BCUT2D eigenvalue weighted by atomic mass is 10.1. The van der Waals surface area contributed by atoms with E-state index in [4.69, 9.17) is 0 Å². The van der Waals surface area contributed by atoms with E-state index in [1.165, 1.54) is 0 Å². The molecule has 4 heteroatoms. The van der Waals surface area contributed by atoms with Gasteiger partial charge in [-0.2, -0.15) is 0 Å². The average Bonchev–Trinajstić information content (AvgIpc) is 2.32. The minimum atomic E-state index is -0.0135. The molecule has 12 heavy (non-hydrogen) atoms. The summed E-state index contributed by atoms with van der Waals surface area (Å²) in [5.74, 6) is 0.0426. The molecule has 1 rings (SSSR count). The largest absolute Gasteiger partial charge is 0.292 e. The first kappa shape index (κ1) is 8.90. The van der Waals surface area contributed by atoms with E-state index in [-0.39, 0.29) is 11.7 Å². The Bertz CT molecular complexity index is 301. The Kier molecular flexibility index (Phi) is 2.26. The fourth-order valence-corrected chi connectivity index (χ4v) is 0.906. The van der Waals surface area contributed by atoms with E-state index >= 15 is 0 Å². The highest BCUT2D eigenvalue weighted by Gasteiger charge is 2.17. The molecule has 0 amide bonds. The normalized spacial score (nSPS) is 10.8. The van der Waals surface area contributed by atoms with Gasteiger partial charge in [-0.3, -0.25) is 9.48 Å². The maximum absolute atomic E-state index is 11.5. The zero-order chi connectivity index (χ0) is 9.30. The smallest absolute Gasteiger partial charge is 0.187 e. The minimum Gasteiger partial charge on any atom is -0.292 e. The van der Waals surface area contributed by atoms with Crippen molar-refractivity contribution in [2.24, 2.45) is 13.0 Å². The summed E-state index contributed by atoms with van der Waals surface area (Å²) in [6, 6.07) is 0. The minimum absolute atomic E-state index is 0.0135. The van der Waals surface area contributed by atoms with Crippen LogP contribution in [0.25, 0.3) is 0 Å². The molecule has 1 aromatic rings. The zero-order valence-electron chi connectivity index (χ0n) is 7.83. The quantitative estimate of drug-likeness (QED) is 0.616. The van der Waals surface area contributed by atoms with Gasteiger partial charge >= 0.3 is 0 Å². The van der Waals surface area contributed by atoms with E-state index in [2.05, 4.69) is 10.3 Å². The number of aryl methyl sites for hydroxylation is 1. The van der Waals surface area contributed by atoms with Gasteiger partial charge in [-0.05, 0) is 6.92 Å². The third-order valence-electron chi connectivity index (χ3n) is 1.86. The van der Waals surface area contributed by atoms with Crippen LogP contribution in [0.4, 0.5) is 0 Å². The predicted molar refractivity (Wildman–Crippen MR) is 44.9 cm³/mol. The van der Waals surface area contributed by atoms with Crippen LogP contribution in [-0.2, 0) is 7.05 Å². The fraction of sp³-hybridized carbons (Fsp3) is 0.625. The highest BCUT2D eigenvalue weighted by atomic mass is 16.1. The number of carbonyl (C=O) groups is 1. The number of aromatic nitrogens is 3. The van der Waals surface area contributed by atoms with Crippen LogP contribution in [0.5, 0.6) is 0 Å². The first-order chi connectivity index (χ1) is 5.54. The van der Waals surface area contributed by atoms with Crippen molar-refractivity contribution in [3.63, 3.8) is 0 Å². The summed E-state index contributed by atoms with van der Waals surface area (Å²) in [5, 5.41) is 7.57. The molecule has 0 aromatic carbocycles. The summed E-state index contributed by atoms with van der Waals surface area (Å²) in [6.45, 7) is 5.56. The number of rotatable bonds is 2. The Morgan fingerprint density at radius 1 is 1.50 bits per heavy atom. The molecule has 0 aliphatic rings. The topological polar surface area (TPSA) is 47.8 Å². The van der Waals surface area contributed by atoms with Crippen molar-refractivity contribution in [1.29, 1.82) is 0 Å². The SMILES string of the molecule is Cc1c(C(=O)C(C)C)nnn1C. The van der Waals surface area contributed by atoms with Gasteiger partial charge in [0.15, 0.2) is 11.5 Å². The van der Waals surface area contributed by atoms with Gasteiger partial charge in [0.25, 0.3) is 0 Å². The number of hydrogen-bond donors (Lipinski definition) is 0. The zero-order valence-corrected chi connectivity index (χ0v) is 7.83. The lowest BCUT2D eigenvalue weighted by Gasteiger charge is -2.00. The third-order valence-corrected chi connectivity index (χ3v) is 1.86. The summed E-state index contributed by atoms with van der Waals surface area (Å²) in [7, 11) is 1.78. The molecular weight excluding hydrogens is 154 g/mol. The van der Waals surface area contributed by atoms with Crippen molar-refractivity contribution >= 4 is 5.78 Å². The highest BCUT2D eigenvalue weighted by molar-refractivity contribution is 5.96. The van der Waals surface area contributed by atoms with E-state index in [0.717, 1.165) is 5.69 Å². The molecule has 0 spiro atoms. The van der Waals surface area contributed by atoms with Crippen molar-refractivity contribution in [2.75, 3.05) is 0 Å². The second-order valence-corrected chi connectivity index (χ2v) is 3.17. The fourth-order valence-electron chi connectivity index (χ4n) is 0.906. The Morgan fingerprint density at radius 3 is 2.42 bits per heavy atom. The number of carbonyl (C=O) groups excluding carboxylic acids is 1. The Hall–Kier alpha value is -1.19. The molecular formula is C8H13N3O. The van der Waals surface area contributed by atoms with Gasteiger partial charge in [0.2, 0.25) is 0 Å². The molecule has 0 saturated heterocycles. The molecule has 0 fully saturated rings. The number of ketones is 1. The van der Waals surface area contributed by atoms with Crippen molar-refractivity contribution in [3.05, 3.63) is 11.4 Å². The van der Waals surface area contributed by atoms with Crippen LogP contribution < -0.4 is 0 Å². The molecule has 66 valence electrons. The van der Waals surface area contributed by atoms with Crippen LogP contribution in [0.3, 0.4) is 0 Å². The summed E-state index contributed by atoms with van der Waals surface area (Å²) >= 11 is 0. The number of nitrogens with zero attached hydrogens (tertiary/aromatic N) is 3. The van der Waals surface area contributed by atoms with Gasteiger partial charge in [-0.1, -0.05) is 19.1 Å². The van der Waals surface area contributed by atoms with E-state index in [1.54, 1.807) is 11.7 Å². The maximum Gasteiger partial charge on any atom is 0.187 e. The van der Waals surface area contributed by atoms with Gasteiger partial charge in [0.1, 0.15) is 0 Å². The lowest BCUT2D eigenvalue weighted by molar-refractivity contribution is 0.0933. The molecule has 0 N–H and O–H groups in total. The summed E-state index contributed by atoms with van der Waals surface area (Å²) < 4.78 is 1.61. The highest BCUT2D eigenvalue weighted by Crippen LogP contribution is 2.08. The van der Waals surface area contributed by atoms with E-state index in [1.807, 2.05) is 20.8 Å². The molecule has 0 aliphatic heterocycles. The van der Waals surface area contributed by atoms with Gasteiger partial charge < -0.3 is 0 Å². The van der Waals surface area contributed by atoms with Crippen LogP contribution in [0.15, 0.2) is 0 Å². The number of Topliss-reactive ketones (excluding diaryl/α,β-unsaturated/α-hetero) is 1.